The highest BCUT2D eigenvalue weighted by Gasteiger charge is 2.37. The minimum absolute atomic E-state index is 0.0366. The minimum atomic E-state index is -0.0366. The number of rotatable bonds is 5. The predicted octanol–water partition coefficient (Wildman–Crippen LogP) is 2.43. The van der Waals surface area contributed by atoms with Gasteiger partial charge in [-0.05, 0) is 25.2 Å². The maximum atomic E-state index is 12.4. The van der Waals surface area contributed by atoms with E-state index < -0.39 is 0 Å². The number of ether oxygens (including phenoxy) is 1. The van der Waals surface area contributed by atoms with E-state index in [4.69, 9.17) is 4.74 Å². The van der Waals surface area contributed by atoms with Crippen LogP contribution in [0.1, 0.15) is 33.1 Å². The zero-order valence-corrected chi connectivity index (χ0v) is 12.3. The summed E-state index contributed by atoms with van der Waals surface area (Å²) in [6.07, 6.45) is 3.46. The molecule has 1 saturated carbocycles. The molecule has 2 aliphatic rings. The first-order valence-electron chi connectivity index (χ1n) is 6.62. The molecule has 0 radical (unpaired) electrons. The van der Waals surface area contributed by atoms with Gasteiger partial charge < -0.3 is 9.64 Å². The van der Waals surface area contributed by atoms with Gasteiger partial charge in [-0.1, -0.05) is 29.8 Å². The molecule has 1 aliphatic heterocycles. The predicted molar refractivity (Wildman–Crippen MR) is 71.2 cm³/mol. The van der Waals surface area contributed by atoms with E-state index in [1.54, 1.807) is 0 Å². The molecule has 0 spiro atoms. The molecule has 1 saturated heterocycles. The van der Waals surface area contributed by atoms with Crippen molar-refractivity contribution >= 4 is 21.8 Å². The van der Waals surface area contributed by atoms with E-state index in [0.717, 1.165) is 26.2 Å². The van der Waals surface area contributed by atoms with E-state index in [2.05, 4.69) is 34.7 Å². The smallest absolute Gasteiger partial charge is 0.236 e. The zero-order valence-electron chi connectivity index (χ0n) is 10.7. The third kappa shape index (κ3) is 3.44. The summed E-state index contributed by atoms with van der Waals surface area (Å²) in [5, 5.41) is 0. The number of alkyl halides is 1. The van der Waals surface area contributed by atoms with Crippen molar-refractivity contribution < 1.29 is 9.53 Å². The van der Waals surface area contributed by atoms with E-state index in [-0.39, 0.29) is 10.7 Å². The summed E-state index contributed by atoms with van der Waals surface area (Å²) < 4.78 is 5.40. The molecule has 0 N–H and O–H groups in total. The van der Waals surface area contributed by atoms with Crippen LogP contribution in [0.4, 0.5) is 0 Å². The van der Waals surface area contributed by atoms with Gasteiger partial charge in [-0.3, -0.25) is 4.79 Å². The molecule has 1 amide bonds. The van der Waals surface area contributed by atoms with Gasteiger partial charge in [0.15, 0.2) is 0 Å². The van der Waals surface area contributed by atoms with Crippen LogP contribution in [-0.4, -0.2) is 41.4 Å². The number of nitrogens with zero attached hydrogens (tertiary/aromatic N) is 1. The largest absolute Gasteiger partial charge is 0.381 e. The fourth-order valence-corrected chi connectivity index (χ4v) is 2.52. The summed E-state index contributed by atoms with van der Waals surface area (Å²) in [5.41, 5.74) is 0. The van der Waals surface area contributed by atoms with Gasteiger partial charge in [-0.15, -0.1) is 0 Å². The quantitative estimate of drug-likeness (QED) is 0.730. The Morgan fingerprint density at radius 3 is 2.59 bits per heavy atom. The Bertz CT molecular complexity index is 273. The number of hydrogen-bond acceptors (Lipinski definition) is 2. The van der Waals surface area contributed by atoms with Crippen LogP contribution in [0.5, 0.6) is 0 Å². The number of carbonyl (C=O) groups is 1. The van der Waals surface area contributed by atoms with Crippen molar-refractivity contribution in [1.82, 2.24) is 4.90 Å². The van der Waals surface area contributed by atoms with E-state index in [0.29, 0.717) is 17.9 Å². The third-order valence-corrected chi connectivity index (χ3v) is 5.02. The van der Waals surface area contributed by atoms with E-state index in [1.165, 1.54) is 12.8 Å². The maximum absolute atomic E-state index is 12.4. The van der Waals surface area contributed by atoms with Gasteiger partial charge in [0.1, 0.15) is 0 Å². The van der Waals surface area contributed by atoms with Crippen molar-refractivity contribution in [1.29, 1.82) is 0 Å². The van der Waals surface area contributed by atoms with Crippen molar-refractivity contribution in [2.24, 2.45) is 11.8 Å². The summed E-state index contributed by atoms with van der Waals surface area (Å²) in [6, 6.07) is 0.502. The molecule has 3 nitrogen and oxygen atoms in total. The second-order valence-corrected chi connectivity index (χ2v) is 6.58. The second kappa shape index (κ2) is 5.70. The molecule has 4 heteroatoms. The van der Waals surface area contributed by atoms with Gasteiger partial charge in [0.05, 0.1) is 11.4 Å². The summed E-state index contributed by atoms with van der Waals surface area (Å²) in [5.74, 6) is 1.17. The van der Waals surface area contributed by atoms with Gasteiger partial charge in [-0.2, -0.15) is 0 Å². The van der Waals surface area contributed by atoms with E-state index >= 15 is 0 Å². The molecule has 17 heavy (non-hydrogen) atoms. The molecule has 98 valence electrons. The number of amides is 1. The summed E-state index contributed by atoms with van der Waals surface area (Å²) in [7, 11) is 0. The molecule has 2 atom stereocenters. The van der Waals surface area contributed by atoms with Gasteiger partial charge in [0.2, 0.25) is 5.91 Å². The first-order chi connectivity index (χ1) is 8.09. The SMILES string of the molecule is CC(C)C(Br)C(=O)N(CC1CCOC1)C1CC1. The Labute approximate surface area is 112 Å². The Hall–Kier alpha value is -0.0900. The third-order valence-electron chi connectivity index (χ3n) is 3.57. The Kier molecular flexibility index (Phi) is 4.47. The highest BCUT2D eigenvalue weighted by atomic mass is 79.9. The van der Waals surface area contributed by atoms with Crippen LogP contribution in [0.15, 0.2) is 0 Å². The van der Waals surface area contributed by atoms with Crippen LogP contribution >= 0.6 is 15.9 Å². The molecular weight excluding hydrogens is 282 g/mol. The topological polar surface area (TPSA) is 29.5 Å². The molecule has 0 aromatic carbocycles. The van der Waals surface area contributed by atoms with Gasteiger partial charge in [-0.25, -0.2) is 0 Å². The van der Waals surface area contributed by atoms with Crippen LogP contribution in [0.3, 0.4) is 0 Å². The lowest BCUT2D eigenvalue weighted by atomic mass is 10.1. The first kappa shape index (κ1) is 13.3. The molecule has 1 aliphatic carbocycles. The van der Waals surface area contributed by atoms with Crippen molar-refractivity contribution in [2.75, 3.05) is 19.8 Å². The highest BCUT2D eigenvalue weighted by Crippen LogP contribution is 2.31. The second-order valence-electron chi connectivity index (χ2n) is 5.60. The van der Waals surface area contributed by atoms with E-state index in [9.17, 15) is 4.79 Å². The standard InChI is InChI=1S/C13H22BrNO2/c1-9(2)12(14)13(16)15(11-3-4-11)7-10-5-6-17-8-10/h9-12H,3-8H2,1-2H3. The Morgan fingerprint density at radius 1 is 1.41 bits per heavy atom. The normalized spacial score (nSPS) is 26.2. The molecule has 2 rings (SSSR count). The molecular formula is C13H22BrNO2. The lowest BCUT2D eigenvalue weighted by molar-refractivity contribution is -0.132. The fraction of sp³-hybridized carbons (Fsp3) is 0.923. The van der Waals surface area contributed by atoms with Crippen molar-refractivity contribution in [3.63, 3.8) is 0 Å². The van der Waals surface area contributed by atoms with Gasteiger partial charge >= 0.3 is 0 Å². The zero-order chi connectivity index (χ0) is 12.4. The van der Waals surface area contributed by atoms with Gasteiger partial charge in [0, 0.05) is 25.1 Å². The number of hydrogen-bond donors (Lipinski definition) is 0. The molecule has 2 fully saturated rings. The lowest BCUT2D eigenvalue weighted by Gasteiger charge is -2.28. The van der Waals surface area contributed by atoms with Crippen molar-refractivity contribution in [3.8, 4) is 0 Å². The van der Waals surface area contributed by atoms with Crippen molar-refractivity contribution in [3.05, 3.63) is 0 Å². The molecule has 2 unspecified atom stereocenters. The molecule has 0 bridgehead atoms. The summed E-state index contributed by atoms with van der Waals surface area (Å²) in [6.45, 7) is 6.74. The van der Waals surface area contributed by atoms with Gasteiger partial charge in [0.25, 0.3) is 0 Å². The van der Waals surface area contributed by atoms with Crippen molar-refractivity contribution in [2.45, 2.75) is 44.0 Å². The highest BCUT2D eigenvalue weighted by molar-refractivity contribution is 9.10. The Balaban J connectivity index is 1.93. The lowest BCUT2D eigenvalue weighted by Crippen LogP contribution is -2.43. The van der Waals surface area contributed by atoms with Crippen LogP contribution in [0, 0.1) is 11.8 Å². The molecule has 0 aromatic rings. The van der Waals surface area contributed by atoms with Crippen LogP contribution in [0.2, 0.25) is 0 Å². The monoisotopic (exact) mass is 303 g/mol. The maximum Gasteiger partial charge on any atom is 0.236 e. The molecule has 0 aromatic heterocycles. The number of carbonyl (C=O) groups excluding carboxylic acids is 1. The van der Waals surface area contributed by atoms with Crippen LogP contribution in [0.25, 0.3) is 0 Å². The van der Waals surface area contributed by atoms with Crippen LogP contribution in [-0.2, 0) is 9.53 Å². The number of halogens is 1. The average molecular weight is 304 g/mol. The average Bonchev–Trinajstić information content (AvgIpc) is 3.01. The fourth-order valence-electron chi connectivity index (χ4n) is 2.25. The summed E-state index contributed by atoms with van der Waals surface area (Å²) in [4.78, 5) is 14.5. The summed E-state index contributed by atoms with van der Waals surface area (Å²) >= 11 is 3.53. The van der Waals surface area contributed by atoms with E-state index in [1.807, 2.05) is 0 Å². The minimum Gasteiger partial charge on any atom is -0.381 e. The first-order valence-corrected chi connectivity index (χ1v) is 7.53. The Morgan fingerprint density at radius 2 is 2.12 bits per heavy atom. The molecule has 1 heterocycles. The van der Waals surface area contributed by atoms with Crippen LogP contribution < -0.4 is 0 Å².